The minimum Gasteiger partial charge on any atom is -0.497 e. The minimum absolute atomic E-state index is 0.0426. The fourth-order valence-corrected chi connectivity index (χ4v) is 2.90. The van der Waals surface area contributed by atoms with Crippen molar-refractivity contribution in [2.45, 2.75) is 25.1 Å². The summed E-state index contributed by atoms with van der Waals surface area (Å²) in [6.45, 7) is 1.15. The molecule has 0 heterocycles. The second-order valence-electron chi connectivity index (χ2n) is 6.52. The fraction of sp³-hybridized carbons (Fsp3) is 0.300. The Morgan fingerprint density at radius 1 is 1.03 bits per heavy atom. The number of methoxy groups -OCH3 is 2. The van der Waals surface area contributed by atoms with Crippen LogP contribution in [0.2, 0.25) is 0 Å². The number of alkyl halides is 3. The molecule has 0 saturated heterocycles. The lowest BCUT2D eigenvalue weighted by Gasteiger charge is -2.29. The third-order valence-electron chi connectivity index (χ3n) is 4.25. The number of nitrogens with zero attached hydrogens (tertiary/aromatic N) is 3. The Morgan fingerprint density at radius 3 is 2.03 bits per heavy atom. The molecule has 2 aromatic rings. The van der Waals surface area contributed by atoms with Crippen LogP contribution in [0.3, 0.4) is 0 Å². The molecule has 0 fully saturated rings. The van der Waals surface area contributed by atoms with Gasteiger partial charge in [0.05, 0.1) is 20.6 Å². The van der Waals surface area contributed by atoms with Gasteiger partial charge in [0.1, 0.15) is 17.2 Å². The number of halogens is 3. The number of hydrogen-bond acceptors (Lipinski definition) is 6. The number of carbonyl (C=O) groups excluding carboxylic acids is 2. The molecule has 0 spiro atoms. The molecule has 9 nitrogen and oxygen atoms in total. The maximum Gasteiger partial charge on any atom is 0.390 e. The van der Waals surface area contributed by atoms with Gasteiger partial charge in [-0.1, -0.05) is 17.2 Å². The number of nitrogens with one attached hydrogen (secondary N) is 1. The number of ether oxygens (including phenoxy) is 3. The van der Waals surface area contributed by atoms with Crippen molar-refractivity contribution >= 4 is 17.6 Å². The van der Waals surface area contributed by atoms with Gasteiger partial charge in [-0.15, -0.1) is 0 Å². The molecular weight excluding hydrogens is 433 g/mol. The predicted molar refractivity (Wildman–Crippen MR) is 107 cm³/mol. The van der Waals surface area contributed by atoms with Crippen LogP contribution in [0.4, 0.5) is 18.9 Å². The number of amides is 1. The lowest BCUT2D eigenvalue weighted by Crippen LogP contribution is -2.42. The molecule has 0 radical (unpaired) electrons. The monoisotopic (exact) mass is 452 g/mol. The summed E-state index contributed by atoms with van der Waals surface area (Å²) in [6, 6.07) is 8.83. The van der Waals surface area contributed by atoms with Crippen LogP contribution >= 0.6 is 0 Å². The third-order valence-corrected chi connectivity index (χ3v) is 4.25. The first-order chi connectivity index (χ1) is 15.0. The van der Waals surface area contributed by atoms with Crippen molar-refractivity contribution in [3.05, 3.63) is 58.5 Å². The number of benzene rings is 2. The first-order valence-corrected chi connectivity index (χ1v) is 8.99. The molecule has 170 valence electrons. The van der Waals surface area contributed by atoms with Crippen molar-refractivity contribution in [3.8, 4) is 17.2 Å². The van der Waals surface area contributed by atoms with E-state index in [1.165, 1.54) is 44.6 Å². The third kappa shape index (κ3) is 6.05. The first kappa shape index (κ1) is 24.4. The Bertz CT molecular complexity index is 1010. The zero-order chi connectivity index (χ0) is 23.9. The minimum atomic E-state index is -4.87. The molecule has 0 aliphatic heterocycles. The van der Waals surface area contributed by atoms with Crippen LogP contribution in [0, 0.1) is 0 Å². The van der Waals surface area contributed by atoms with Crippen molar-refractivity contribution in [1.82, 2.24) is 0 Å². The molecule has 0 bridgehead atoms. The molecule has 1 amide bonds. The lowest BCUT2D eigenvalue weighted by atomic mass is 9.86. The Labute approximate surface area is 180 Å². The Kier molecular flexibility index (Phi) is 7.55. The van der Waals surface area contributed by atoms with E-state index in [0.29, 0.717) is 0 Å². The van der Waals surface area contributed by atoms with Gasteiger partial charge >= 0.3 is 12.1 Å². The largest absolute Gasteiger partial charge is 0.497 e. The smallest absolute Gasteiger partial charge is 0.390 e. The summed E-state index contributed by atoms with van der Waals surface area (Å²) in [5.74, 6) is -1.28. The Hall–Kier alpha value is -3.92. The molecule has 2 aromatic carbocycles. The SMILES string of the molecule is COc1cc(NC(=O)[C@](CC(F)(F)F)(N=[N+]=[N-])c2ccc(OC(C)=O)cc2)cc(OC)c1. The van der Waals surface area contributed by atoms with Crippen LogP contribution in [-0.2, 0) is 15.1 Å². The van der Waals surface area contributed by atoms with Crippen molar-refractivity contribution in [3.63, 3.8) is 0 Å². The molecule has 0 aliphatic carbocycles. The quantitative estimate of drug-likeness (QED) is 0.204. The molecule has 12 heteroatoms. The average Bonchev–Trinajstić information content (AvgIpc) is 2.72. The average molecular weight is 452 g/mol. The van der Waals surface area contributed by atoms with Crippen LogP contribution in [0.5, 0.6) is 17.2 Å². The molecule has 32 heavy (non-hydrogen) atoms. The summed E-state index contributed by atoms with van der Waals surface area (Å²) in [5, 5.41) is 5.60. The van der Waals surface area contributed by atoms with E-state index in [-0.39, 0.29) is 28.5 Å². The van der Waals surface area contributed by atoms with E-state index in [4.69, 9.17) is 19.7 Å². The van der Waals surface area contributed by atoms with E-state index in [2.05, 4.69) is 15.3 Å². The van der Waals surface area contributed by atoms with E-state index in [9.17, 15) is 22.8 Å². The molecule has 1 N–H and O–H groups in total. The Morgan fingerprint density at radius 2 is 1.59 bits per heavy atom. The van der Waals surface area contributed by atoms with E-state index in [1.54, 1.807) is 0 Å². The maximum atomic E-state index is 13.5. The van der Waals surface area contributed by atoms with Gasteiger partial charge in [-0.25, -0.2) is 0 Å². The van der Waals surface area contributed by atoms with Gasteiger partial charge in [0.25, 0.3) is 0 Å². The Balaban J connectivity index is 2.56. The first-order valence-electron chi connectivity index (χ1n) is 8.99. The molecule has 2 rings (SSSR count). The summed E-state index contributed by atoms with van der Waals surface area (Å²) in [5.41, 5.74) is 6.14. The van der Waals surface area contributed by atoms with Gasteiger partial charge in [-0.05, 0) is 23.2 Å². The number of anilines is 1. The highest BCUT2D eigenvalue weighted by Gasteiger charge is 2.49. The van der Waals surface area contributed by atoms with Gasteiger partial charge in [0.2, 0.25) is 5.91 Å². The van der Waals surface area contributed by atoms with E-state index < -0.39 is 30.0 Å². The van der Waals surface area contributed by atoms with E-state index in [0.717, 1.165) is 19.1 Å². The van der Waals surface area contributed by atoms with Crippen molar-refractivity contribution < 1.29 is 37.0 Å². The van der Waals surface area contributed by atoms with Gasteiger partial charge < -0.3 is 19.5 Å². The van der Waals surface area contributed by atoms with Crippen LogP contribution in [0.1, 0.15) is 18.9 Å². The van der Waals surface area contributed by atoms with Gasteiger partial charge in [-0.3, -0.25) is 9.59 Å². The number of esters is 1. The fourth-order valence-electron chi connectivity index (χ4n) is 2.90. The van der Waals surface area contributed by atoms with Crippen molar-refractivity contribution in [1.29, 1.82) is 0 Å². The molecular formula is C20H19F3N4O5. The van der Waals surface area contributed by atoms with Crippen LogP contribution in [0.25, 0.3) is 10.4 Å². The zero-order valence-electron chi connectivity index (χ0n) is 17.3. The summed E-state index contributed by atoms with van der Waals surface area (Å²) >= 11 is 0. The highest BCUT2D eigenvalue weighted by atomic mass is 19.4. The van der Waals surface area contributed by atoms with Crippen LogP contribution in [-0.4, -0.2) is 32.3 Å². The summed E-state index contributed by atoms with van der Waals surface area (Å²) in [4.78, 5) is 26.7. The number of carbonyl (C=O) groups is 2. The van der Waals surface area contributed by atoms with Crippen LogP contribution in [0.15, 0.2) is 47.6 Å². The highest BCUT2D eigenvalue weighted by Crippen LogP contribution is 2.40. The molecule has 0 aromatic heterocycles. The second kappa shape index (κ2) is 9.92. The van der Waals surface area contributed by atoms with Crippen molar-refractivity contribution in [2.75, 3.05) is 19.5 Å². The van der Waals surface area contributed by atoms with E-state index >= 15 is 0 Å². The number of azide groups is 1. The standard InChI is InChI=1S/C20H19F3N4O5/c1-12(28)32-15-6-4-13(5-7-15)19(26-27-24,11-20(21,22)23)18(29)25-14-8-16(30-2)10-17(9-14)31-3/h4-10H,11H2,1-3H3,(H,25,29)/t19-/m1/s1. The summed E-state index contributed by atoms with van der Waals surface area (Å²) < 4.78 is 55.5. The van der Waals surface area contributed by atoms with E-state index in [1.807, 2.05) is 0 Å². The highest BCUT2D eigenvalue weighted by molar-refractivity contribution is 5.99. The molecule has 0 unspecified atom stereocenters. The lowest BCUT2D eigenvalue weighted by molar-refractivity contribution is -0.156. The normalized spacial score (nSPS) is 12.7. The topological polar surface area (TPSA) is 123 Å². The molecule has 1 atom stereocenters. The number of rotatable bonds is 8. The second-order valence-corrected chi connectivity index (χ2v) is 6.52. The summed E-state index contributed by atoms with van der Waals surface area (Å²) in [6.07, 6.45) is -6.64. The van der Waals surface area contributed by atoms with Gasteiger partial charge in [-0.2, -0.15) is 13.2 Å². The zero-order valence-corrected chi connectivity index (χ0v) is 17.3. The summed E-state index contributed by atoms with van der Waals surface area (Å²) in [7, 11) is 2.72. The number of hydrogen-bond donors (Lipinski definition) is 1. The van der Waals surface area contributed by atoms with Crippen LogP contribution < -0.4 is 19.5 Å². The molecule has 0 aliphatic rings. The van der Waals surface area contributed by atoms with Gasteiger partial charge in [0.15, 0.2) is 5.54 Å². The molecule has 0 saturated carbocycles. The van der Waals surface area contributed by atoms with Gasteiger partial charge in [0, 0.05) is 35.7 Å². The maximum absolute atomic E-state index is 13.5. The predicted octanol–water partition coefficient (Wildman–Crippen LogP) is 4.73. The van der Waals surface area contributed by atoms with Crippen molar-refractivity contribution in [2.24, 2.45) is 5.11 Å².